The second kappa shape index (κ2) is 9.02. The molecule has 0 amide bonds. The Morgan fingerprint density at radius 1 is 1.12 bits per heavy atom. The van der Waals surface area contributed by atoms with Gasteiger partial charge in [-0.05, 0) is 68.3 Å². The van der Waals surface area contributed by atoms with E-state index in [4.69, 9.17) is 4.74 Å². The van der Waals surface area contributed by atoms with Crippen LogP contribution in [-0.4, -0.2) is 39.7 Å². The molecule has 2 aromatic carbocycles. The molecule has 3 fully saturated rings. The van der Waals surface area contributed by atoms with Gasteiger partial charge in [0.25, 0.3) is 0 Å². The minimum atomic E-state index is -1.03. The van der Waals surface area contributed by atoms with Crippen molar-refractivity contribution in [3.8, 4) is 0 Å². The molecule has 172 valence electrons. The van der Waals surface area contributed by atoms with Crippen LogP contribution in [0.4, 0.5) is 0 Å². The van der Waals surface area contributed by atoms with Crippen LogP contribution < -0.4 is 0 Å². The number of piperidine rings is 3. The van der Waals surface area contributed by atoms with Crippen LogP contribution in [0, 0.1) is 11.8 Å². The van der Waals surface area contributed by atoms with Crippen molar-refractivity contribution in [3.63, 3.8) is 0 Å². The van der Waals surface area contributed by atoms with Gasteiger partial charge in [0, 0.05) is 24.2 Å². The fraction of sp³-hybridized carbons (Fsp3) is 0.414. The smallest absolute Gasteiger partial charge is 0.111 e. The number of aromatic nitrogens is 1. The number of rotatable bonds is 7. The fourth-order valence-electron chi connectivity index (χ4n) is 5.86. The summed E-state index contributed by atoms with van der Waals surface area (Å²) in [6.45, 7) is 9.89. The third kappa shape index (κ3) is 4.35. The van der Waals surface area contributed by atoms with Gasteiger partial charge in [0.2, 0.25) is 0 Å². The average molecular weight is 443 g/mol. The van der Waals surface area contributed by atoms with Crippen LogP contribution in [0.5, 0.6) is 0 Å². The van der Waals surface area contributed by atoms with E-state index in [1.165, 1.54) is 6.42 Å². The maximum atomic E-state index is 11.2. The van der Waals surface area contributed by atoms with E-state index in [1.54, 1.807) is 0 Å². The lowest BCUT2D eigenvalue weighted by Gasteiger charge is -2.52. The zero-order chi connectivity index (χ0) is 23.0. The fourth-order valence-corrected chi connectivity index (χ4v) is 5.86. The number of fused-ring (bicyclic) bond motifs is 4. The molecule has 6 atom stereocenters. The van der Waals surface area contributed by atoms with Gasteiger partial charge in [-0.25, -0.2) is 0 Å². The Morgan fingerprint density at radius 2 is 1.88 bits per heavy atom. The molecule has 3 saturated heterocycles. The Kier molecular flexibility index (Phi) is 6.09. The Labute approximate surface area is 196 Å². The third-order valence-electron chi connectivity index (χ3n) is 7.52. The summed E-state index contributed by atoms with van der Waals surface area (Å²) < 4.78 is 7.01. The van der Waals surface area contributed by atoms with Crippen molar-refractivity contribution in [2.24, 2.45) is 11.8 Å². The summed E-state index contributed by atoms with van der Waals surface area (Å²) in [7, 11) is 0. The van der Waals surface area contributed by atoms with E-state index in [2.05, 4.69) is 46.8 Å². The number of ether oxygens (including phenoxy) is 1. The van der Waals surface area contributed by atoms with Crippen molar-refractivity contribution in [2.45, 2.75) is 50.5 Å². The molecule has 6 rings (SSSR count). The van der Waals surface area contributed by atoms with Crippen LogP contribution in [0.25, 0.3) is 10.9 Å². The monoisotopic (exact) mass is 442 g/mol. The highest BCUT2D eigenvalue weighted by Gasteiger charge is 2.45. The lowest BCUT2D eigenvalue weighted by atomic mass is 9.73. The average Bonchev–Trinajstić information content (AvgIpc) is 2.84. The summed E-state index contributed by atoms with van der Waals surface area (Å²) in [5, 5.41) is 12.3. The minimum absolute atomic E-state index is 0.178. The molecule has 1 unspecified atom stereocenters. The molecule has 1 N–H and O–H groups in total. The van der Waals surface area contributed by atoms with Gasteiger partial charge in [-0.3, -0.25) is 9.88 Å². The van der Waals surface area contributed by atoms with Crippen LogP contribution in [0.2, 0.25) is 0 Å². The van der Waals surface area contributed by atoms with E-state index in [0.717, 1.165) is 41.5 Å². The number of pyridine rings is 1. The first-order valence-corrected chi connectivity index (χ1v) is 12.1. The highest BCUT2D eigenvalue weighted by Crippen LogP contribution is 2.46. The van der Waals surface area contributed by atoms with Gasteiger partial charge in [0.05, 0.1) is 17.2 Å². The summed E-state index contributed by atoms with van der Waals surface area (Å²) in [5.41, 5.74) is 2.09. The zero-order valence-electron chi connectivity index (χ0n) is 19.6. The van der Waals surface area contributed by atoms with Gasteiger partial charge in [-0.2, -0.15) is 0 Å². The standard InChI is InChI=1S/C29H34N2O2/c1-4-20-19-31-17-15-22(20)18-26(31)27(24-14-16-30-25-13-9-8-12-23(24)25)33-28(29(2,3)32)21-10-6-5-7-11-21/h4-14,16,20,22,26-28,32H,1,15,17-19H2,2-3H3/t20-,22-,26+,27+,28-/m0/s1. The van der Waals surface area contributed by atoms with Crippen LogP contribution in [0.15, 0.2) is 79.5 Å². The highest BCUT2D eigenvalue weighted by molar-refractivity contribution is 5.82. The molecule has 3 aromatic rings. The second-order valence-electron chi connectivity index (χ2n) is 10.2. The number of nitrogens with zero attached hydrogens (tertiary/aromatic N) is 2. The van der Waals surface area contributed by atoms with Crippen molar-refractivity contribution in [2.75, 3.05) is 13.1 Å². The predicted molar refractivity (Wildman–Crippen MR) is 133 cm³/mol. The highest BCUT2D eigenvalue weighted by atomic mass is 16.5. The number of hydrogen-bond donors (Lipinski definition) is 1. The zero-order valence-corrected chi connectivity index (χ0v) is 19.6. The third-order valence-corrected chi connectivity index (χ3v) is 7.52. The quantitative estimate of drug-likeness (QED) is 0.477. The second-order valence-corrected chi connectivity index (χ2v) is 10.2. The molecule has 3 aliphatic rings. The normalized spacial score (nSPS) is 26.8. The van der Waals surface area contributed by atoms with Gasteiger partial charge >= 0.3 is 0 Å². The lowest BCUT2D eigenvalue weighted by Crippen LogP contribution is -2.55. The number of benzene rings is 2. The summed E-state index contributed by atoms with van der Waals surface area (Å²) in [6, 6.07) is 20.8. The Morgan fingerprint density at radius 3 is 2.58 bits per heavy atom. The molecule has 3 aliphatic heterocycles. The molecule has 0 aliphatic carbocycles. The molecule has 0 spiro atoms. The molecule has 4 heterocycles. The van der Waals surface area contributed by atoms with Gasteiger partial charge in [0.15, 0.2) is 0 Å². The van der Waals surface area contributed by atoms with E-state index in [-0.39, 0.29) is 12.1 Å². The molecule has 1 aromatic heterocycles. The first kappa shape index (κ1) is 22.3. The molecule has 4 nitrogen and oxygen atoms in total. The summed E-state index contributed by atoms with van der Waals surface area (Å²) in [4.78, 5) is 7.18. The molecule has 33 heavy (non-hydrogen) atoms. The summed E-state index contributed by atoms with van der Waals surface area (Å²) in [6.07, 6.45) is 5.68. The number of hydrogen-bond acceptors (Lipinski definition) is 4. The maximum Gasteiger partial charge on any atom is 0.111 e. The van der Waals surface area contributed by atoms with E-state index >= 15 is 0 Å². The first-order valence-electron chi connectivity index (χ1n) is 12.1. The van der Waals surface area contributed by atoms with Gasteiger partial charge in [0.1, 0.15) is 6.10 Å². The van der Waals surface area contributed by atoms with Gasteiger partial charge in [-0.1, -0.05) is 54.6 Å². The van der Waals surface area contributed by atoms with Crippen LogP contribution in [-0.2, 0) is 4.74 Å². The number of para-hydroxylation sites is 1. The van der Waals surface area contributed by atoms with Crippen molar-refractivity contribution < 1.29 is 9.84 Å². The van der Waals surface area contributed by atoms with Gasteiger partial charge < -0.3 is 9.84 Å². The Balaban J connectivity index is 1.59. The van der Waals surface area contributed by atoms with Crippen molar-refractivity contribution in [1.82, 2.24) is 9.88 Å². The largest absolute Gasteiger partial charge is 0.387 e. The molecule has 2 bridgehead atoms. The van der Waals surface area contributed by atoms with Crippen LogP contribution in [0.3, 0.4) is 0 Å². The molecule has 4 heteroatoms. The molecule has 0 radical (unpaired) electrons. The summed E-state index contributed by atoms with van der Waals surface area (Å²) in [5.74, 6) is 1.18. The van der Waals surface area contributed by atoms with Crippen molar-refractivity contribution in [3.05, 3.63) is 90.6 Å². The van der Waals surface area contributed by atoms with Crippen LogP contribution >= 0.6 is 0 Å². The van der Waals surface area contributed by atoms with Gasteiger partial charge in [-0.15, -0.1) is 6.58 Å². The maximum absolute atomic E-state index is 11.2. The minimum Gasteiger partial charge on any atom is -0.387 e. The lowest BCUT2D eigenvalue weighted by molar-refractivity contribution is -0.157. The van der Waals surface area contributed by atoms with E-state index < -0.39 is 11.7 Å². The summed E-state index contributed by atoms with van der Waals surface area (Å²) >= 11 is 0. The van der Waals surface area contributed by atoms with E-state index in [1.807, 2.05) is 56.4 Å². The SMILES string of the molecule is C=C[C@H]1CN2CC[C@H]1C[C@@H]2[C@H](O[C@@H](c1ccccc1)C(C)(C)O)c1ccnc2ccccc12. The van der Waals surface area contributed by atoms with E-state index in [0.29, 0.717) is 11.8 Å². The van der Waals surface area contributed by atoms with E-state index in [9.17, 15) is 5.11 Å². The molecular formula is C29H34N2O2. The Hall–Kier alpha value is -2.53. The van der Waals surface area contributed by atoms with Crippen molar-refractivity contribution in [1.29, 1.82) is 0 Å². The van der Waals surface area contributed by atoms with Crippen molar-refractivity contribution >= 4 is 10.9 Å². The first-order chi connectivity index (χ1) is 16.0. The molecule has 0 saturated carbocycles. The number of aliphatic hydroxyl groups is 1. The molecular weight excluding hydrogens is 408 g/mol. The predicted octanol–water partition coefficient (Wildman–Crippen LogP) is 5.70. The topological polar surface area (TPSA) is 45.6 Å². The van der Waals surface area contributed by atoms with Crippen LogP contribution in [0.1, 0.15) is 50.0 Å². The Bertz CT molecular complexity index is 1100.